The molecule has 5 rings (SSSR count). The van der Waals surface area contributed by atoms with E-state index in [1.165, 1.54) is 16.7 Å². The van der Waals surface area contributed by atoms with Gasteiger partial charge in [-0.3, -0.25) is 9.59 Å². The van der Waals surface area contributed by atoms with Gasteiger partial charge >= 0.3 is 5.97 Å². The largest absolute Gasteiger partial charge is 0.477 e. The van der Waals surface area contributed by atoms with Gasteiger partial charge in [-0.1, -0.05) is 6.92 Å². The monoisotopic (exact) mass is 451 g/mol. The van der Waals surface area contributed by atoms with Crippen molar-refractivity contribution in [2.75, 3.05) is 19.6 Å². The van der Waals surface area contributed by atoms with Gasteiger partial charge in [0.05, 0.1) is 30.2 Å². The van der Waals surface area contributed by atoms with Crippen LogP contribution >= 0.6 is 11.8 Å². The molecule has 10 heteroatoms. The number of amides is 2. The van der Waals surface area contributed by atoms with Crippen LogP contribution in [0, 0.1) is 17.3 Å². The molecule has 1 unspecified atom stereocenters. The van der Waals surface area contributed by atoms with Crippen molar-refractivity contribution in [3.8, 4) is 0 Å². The smallest absolute Gasteiger partial charge is 0.353 e. The van der Waals surface area contributed by atoms with Crippen molar-refractivity contribution in [2.24, 2.45) is 17.3 Å². The molecule has 4 heterocycles. The molecule has 1 aliphatic carbocycles. The van der Waals surface area contributed by atoms with E-state index in [-0.39, 0.29) is 46.2 Å². The molecule has 0 bridgehead atoms. The van der Waals surface area contributed by atoms with Gasteiger partial charge in [0.25, 0.3) is 0 Å². The van der Waals surface area contributed by atoms with E-state index < -0.39 is 24.1 Å². The fourth-order valence-electron chi connectivity index (χ4n) is 5.83. The third-order valence-corrected chi connectivity index (χ3v) is 9.31. The first-order valence-corrected chi connectivity index (χ1v) is 11.9. The highest BCUT2D eigenvalue weighted by Gasteiger charge is 2.60. The highest BCUT2D eigenvalue weighted by molar-refractivity contribution is 8.03. The summed E-state index contributed by atoms with van der Waals surface area (Å²) in [5.74, 6) is -2.21. The van der Waals surface area contributed by atoms with Crippen LogP contribution in [0.2, 0.25) is 0 Å². The maximum atomic E-state index is 13.0. The van der Waals surface area contributed by atoms with Gasteiger partial charge in [0, 0.05) is 41.1 Å². The van der Waals surface area contributed by atoms with E-state index in [0.29, 0.717) is 31.0 Å². The minimum Gasteiger partial charge on any atom is -0.477 e. The Morgan fingerprint density at radius 1 is 1.32 bits per heavy atom. The number of aliphatic carboxylic acids is 1. The molecule has 31 heavy (non-hydrogen) atoms. The van der Waals surface area contributed by atoms with Crippen LogP contribution in [0.4, 0.5) is 0 Å². The van der Waals surface area contributed by atoms with E-state index in [9.17, 15) is 29.7 Å². The first-order valence-electron chi connectivity index (χ1n) is 11.0. The minimum atomic E-state index is -1.13. The fourth-order valence-corrected chi connectivity index (χ4v) is 7.31. The van der Waals surface area contributed by atoms with E-state index in [4.69, 9.17) is 0 Å². The summed E-state index contributed by atoms with van der Waals surface area (Å²) < 4.78 is 0. The lowest BCUT2D eigenvalue weighted by atomic mass is 9.79. The number of carbonyl (C=O) groups is 3. The molecule has 9 nitrogen and oxygen atoms in total. The van der Waals surface area contributed by atoms with Gasteiger partial charge in [-0.2, -0.15) is 0 Å². The predicted molar refractivity (Wildman–Crippen MR) is 112 cm³/mol. The number of carboxylic acids is 1. The molecule has 5 aliphatic rings. The summed E-state index contributed by atoms with van der Waals surface area (Å²) in [6.07, 6.45) is 1.26. The van der Waals surface area contributed by atoms with Crippen molar-refractivity contribution < 1.29 is 29.7 Å². The third-order valence-electron chi connectivity index (χ3n) is 7.80. The molecule has 0 radical (unpaired) electrons. The van der Waals surface area contributed by atoms with Crippen LogP contribution < -0.4 is 5.32 Å². The Kier molecular flexibility index (Phi) is 4.93. The number of hydrogen-bond donors (Lipinski definition) is 4. The van der Waals surface area contributed by atoms with Crippen LogP contribution in [0.15, 0.2) is 10.6 Å². The quantitative estimate of drug-likeness (QED) is 0.415. The molecule has 0 aromatic carbocycles. The molecule has 7 atom stereocenters. The Balaban J connectivity index is 1.27. The molecule has 1 spiro atoms. The number of aliphatic hydroxyl groups excluding tert-OH is 2. The van der Waals surface area contributed by atoms with Crippen LogP contribution in [-0.4, -0.2) is 92.1 Å². The zero-order chi connectivity index (χ0) is 22.2. The second-order valence-corrected chi connectivity index (χ2v) is 11.1. The lowest BCUT2D eigenvalue weighted by Crippen LogP contribution is -2.63. The number of rotatable bonds is 5. The molecule has 2 amide bonds. The highest BCUT2D eigenvalue weighted by Crippen LogP contribution is 2.53. The van der Waals surface area contributed by atoms with Crippen LogP contribution in [0.3, 0.4) is 0 Å². The van der Waals surface area contributed by atoms with E-state index in [0.717, 1.165) is 12.8 Å². The predicted octanol–water partition coefficient (Wildman–Crippen LogP) is -0.413. The molecule has 4 fully saturated rings. The van der Waals surface area contributed by atoms with Crippen molar-refractivity contribution in [1.82, 2.24) is 15.1 Å². The molecule has 170 valence electrons. The molecule has 1 saturated carbocycles. The standard InChI is InChI=1S/C21H29N3O6S/c1-9-15-14(10(2)25)19(28)24(15)16(20(29)30)17(9)31-11-5-12(22-6-11)18(27)23-7-13(26)21(8-23)3-4-21/h9-15,22,25-26H,3-8H2,1-2H3,(H,29,30)/t9-,10-,11+,12+,13?,14-,15-/m1/s1. The molecule has 4 N–H and O–H groups in total. The van der Waals surface area contributed by atoms with Crippen molar-refractivity contribution in [3.63, 3.8) is 0 Å². The molecular formula is C21H29N3O6S. The molecular weight excluding hydrogens is 422 g/mol. The Bertz CT molecular complexity index is 871. The third kappa shape index (κ3) is 3.13. The van der Waals surface area contributed by atoms with E-state index in [2.05, 4.69) is 5.32 Å². The topological polar surface area (TPSA) is 130 Å². The summed E-state index contributed by atoms with van der Waals surface area (Å²) in [5.41, 5.74) is -0.0543. The zero-order valence-electron chi connectivity index (χ0n) is 17.7. The lowest BCUT2D eigenvalue weighted by Gasteiger charge is -2.46. The van der Waals surface area contributed by atoms with Crippen LogP contribution in [0.25, 0.3) is 0 Å². The number of β-lactam (4-membered cyclic amide) rings is 1. The maximum Gasteiger partial charge on any atom is 0.353 e. The summed E-state index contributed by atoms with van der Waals surface area (Å²) >= 11 is 1.44. The van der Waals surface area contributed by atoms with Gasteiger partial charge in [-0.25, -0.2) is 4.79 Å². The first kappa shape index (κ1) is 21.2. The molecule has 0 aromatic heterocycles. The Morgan fingerprint density at radius 3 is 2.61 bits per heavy atom. The second-order valence-electron chi connectivity index (χ2n) is 9.81. The number of nitrogens with one attached hydrogen (secondary N) is 1. The summed E-state index contributed by atoms with van der Waals surface area (Å²) in [6, 6.07) is -0.665. The number of likely N-dealkylation sites (tertiary alicyclic amines) is 1. The van der Waals surface area contributed by atoms with E-state index >= 15 is 0 Å². The van der Waals surface area contributed by atoms with Gasteiger partial charge in [0.1, 0.15) is 5.70 Å². The molecule has 3 saturated heterocycles. The maximum absolute atomic E-state index is 13.0. The zero-order valence-corrected chi connectivity index (χ0v) is 18.5. The lowest BCUT2D eigenvalue weighted by molar-refractivity contribution is -0.163. The number of fused-ring (bicyclic) bond motifs is 1. The summed E-state index contributed by atoms with van der Waals surface area (Å²) in [5, 5.41) is 33.3. The molecule has 0 aromatic rings. The van der Waals surface area contributed by atoms with Crippen LogP contribution in [-0.2, 0) is 14.4 Å². The van der Waals surface area contributed by atoms with Gasteiger partial charge < -0.3 is 30.4 Å². The number of β-amino-alcohol motifs (C(OH)–C–C–N with tert-alkyl or cyclic N) is 1. The van der Waals surface area contributed by atoms with Crippen molar-refractivity contribution in [3.05, 3.63) is 10.6 Å². The normalized spacial score (nSPS) is 39.2. The second kappa shape index (κ2) is 7.19. The number of aliphatic hydroxyl groups is 2. The average Bonchev–Trinajstić information content (AvgIpc) is 3.09. The number of carboxylic acid groups (broad SMARTS) is 1. The number of hydrogen-bond acceptors (Lipinski definition) is 7. The van der Waals surface area contributed by atoms with Crippen LogP contribution in [0.5, 0.6) is 0 Å². The summed E-state index contributed by atoms with van der Waals surface area (Å²) in [7, 11) is 0. The van der Waals surface area contributed by atoms with Crippen LogP contribution in [0.1, 0.15) is 33.1 Å². The van der Waals surface area contributed by atoms with E-state index in [1.807, 2.05) is 6.92 Å². The SMILES string of the molecule is C[C@@H](O)[C@H]1C(=O)N2C(C(=O)O)=C(S[C@@H]3CN[C@H](C(=O)N4CC(O)C5(CC5)C4)C3)[C@H](C)[C@H]12. The van der Waals surface area contributed by atoms with E-state index in [1.54, 1.807) is 11.8 Å². The van der Waals surface area contributed by atoms with Crippen molar-refractivity contribution in [1.29, 1.82) is 0 Å². The fraction of sp³-hybridized carbons (Fsp3) is 0.762. The summed E-state index contributed by atoms with van der Waals surface area (Å²) in [4.78, 5) is 41.1. The Labute approximate surface area is 184 Å². The number of thioether (sulfide) groups is 1. The van der Waals surface area contributed by atoms with Crippen molar-refractivity contribution >= 4 is 29.5 Å². The van der Waals surface area contributed by atoms with Gasteiger partial charge in [-0.15, -0.1) is 11.8 Å². The van der Waals surface area contributed by atoms with Gasteiger partial charge in [-0.05, 0) is 26.2 Å². The summed E-state index contributed by atoms with van der Waals surface area (Å²) in [6.45, 7) is 5.05. The minimum absolute atomic E-state index is 0.00556. The van der Waals surface area contributed by atoms with Crippen molar-refractivity contribution in [2.45, 2.75) is 62.7 Å². The first-order chi connectivity index (χ1) is 14.6. The molecule has 4 aliphatic heterocycles. The Morgan fingerprint density at radius 2 is 2.03 bits per heavy atom. The average molecular weight is 452 g/mol. The number of carbonyl (C=O) groups excluding carboxylic acids is 2. The highest BCUT2D eigenvalue weighted by atomic mass is 32.2. The van der Waals surface area contributed by atoms with Gasteiger partial charge in [0.2, 0.25) is 11.8 Å². The van der Waals surface area contributed by atoms with Gasteiger partial charge in [0.15, 0.2) is 0 Å². The Hall–Kier alpha value is -1.62. The number of nitrogens with zero attached hydrogens (tertiary/aromatic N) is 2.